The van der Waals surface area contributed by atoms with Crippen molar-refractivity contribution in [1.29, 1.82) is 0 Å². The molecule has 0 heterocycles. The van der Waals surface area contributed by atoms with Gasteiger partial charge in [-0.3, -0.25) is 0 Å². The zero-order chi connectivity index (χ0) is 15.4. The number of nitrogens with one attached hydrogen (secondary N) is 1. The van der Waals surface area contributed by atoms with Gasteiger partial charge in [0.05, 0.1) is 0 Å². The first-order valence-corrected chi connectivity index (χ1v) is 9.71. The van der Waals surface area contributed by atoms with Crippen molar-refractivity contribution in [3.05, 3.63) is 28.8 Å². The standard InChI is InChI=1S/C16H27NOS2/c1-10(2)13-8-14(11(3)4)16(19-20(18)17-7)15(9-13)12(5)6/h8-12,17H,1-7H3. The van der Waals surface area contributed by atoms with Crippen molar-refractivity contribution in [3.8, 4) is 0 Å². The summed E-state index contributed by atoms with van der Waals surface area (Å²) >= 11 is 0. The highest BCUT2D eigenvalue weighted by atomic mass is 33.1. The van der Waals surface area contributed by atoms with Crippen LogP contribution >= 0.6 is 10.8 Å². The van der Waals surface area contributed by atoms with Crippen molar-refractivity contribution in [2.24, 2.45) is 0 Å². The highest BCUT2D eigenvalue weighted by Crippen LogP contribution is 2.39. The van der Waals surface area contributed by atoms with Crippen LogP contribution in [-0.4, -0.2) is 11.3 Å². The highest BCUT2D eigenvalue weighted by molar-refractivity contribution is 8.68. The minimum absolute atomic E-state index is 0.433. The molecule has 1 N–H and O–H groups in total. The molecule has 20 heavy (non-hydrogen) atoms. The van der Waals surface area contributed by atoms with Gasteiger partial charge < -0.3 is 0 Å². The Hall–Kier alpha value is -0.320. The fourth-order valence-corrected chi connectivity index (χ4v) is 4.40. The fraction of sp³-hybridized carbons (Fsp3) is 0.625. The van der Waals surface area contributed by atoms with E-state index >= 15 is 0 Å². The largest absolute Gasteiger partial charge is 0.232 e. The van der Waals surface area contributed by atoms with Crippen molar-refractivity contribution < 1.29 is 4.21 Å². The highest BCUT2D eigenvalue weighted by Gasteiger charge is 2.19. The van der Waals surface area contributed by atoms with Crippen LogP contribution in [0.4, 0.5) is 0 Å². The summed E-state index contributed by atoms with van der Waals surface area (Å²) in [6.45, 7) is 13.3. The molecule has 0 amide bonds. The summed E-state index contributed by atoms with van der Waals surface area (Å²) in [7, 11) is 2.08. The van der Waals surface area contributed by atoms with Crippen LogP contribution in [0.25, 0.3) is 0 Å². The third-order valence-corrected chi connectivity index (χ3v) is 5.98. The molecule has 2 nitrogen and oxygen atoms in total. The number of rotatable bonds is 6. The van der Waals surface area contributed by atoms with E-state index in [1.54, 1.807) is 7.05 Å². The summed E-state index contributed by atoms with van der Waals surface area (Å²) < 4.78 is 14.7. The van der Waals surface area contributed by atoms with Crippen LogP contribution in [0.3, 0.4) is 0 Å². The van der Waals surface area contributed by atoms with Gasteiger partial charge >= 0.3 is 0 Å². The second-order valence-electron chi connectivity index (χ2n) is 6.01. The second-order valence-corrected chi connectivity index (χ2v) is 8.88. The normalized spacial score (nSPS) is 13.5. The smallest absolute Gasteiger partial charge is 0.158 e. The van der Waals surface area contributed by atoms with Gasteiger partial charge in [-0.25, -0.2) is 8.93 Å². The van der Waals surface area contributed by atoms with E-state index in [1.807, 2.05) is 0 Å². The maximum absolute atomic E-state index is 11.9. The van der Waals surface area contributed by atoms with E-state index in [0.29, 0.717) is 17.8 Å². The first kappa shape index (κ1) is 17.7. The molecule has 1 aromatic carbocycles. The molecule has 0 radical (unpaired) electrons. The molecule has 114 valence electrons. The van der Waals surface area contributed by atoms with Gasteiger partial charge in [-0.1, -0.05) is 53.7 Å². The molecule has 0 aliphatic rings. The Morgan fingerprint density at radius 1 is 0.950 bits per heavy atom. The fourth-order valence-electron chi connectivity index (χ4n) is 2.10. The zero-order valence-electron chi connectivity index (χ0n) is 13.6. The van der Waals surface area contributed by atoms with Gasteiger partial charge in [0, 0.05) is 4.90 Å². The average molecular weight is 314 g/mol. The van der Waals surface area contributed by atoms with Gasteiger partial charge in [0.2, 0.25) is 0 Å². The molecule has 1 atom stereocenters. The van der Waals surface area contributed by atoms with Gasteiger partial charge in [0.1, 0.15) is 0 Å². The number of hydrogen-bond donors (Lipinski definition) is 1. The Bertz CT molecular complexity index is 452. The van der Waals surface area contributed by atoms with Crippen LogP contribution in [0.1, 0.15) is 76.0 Å². The predicted octanol–water partition coefficient (Wildman–Crippen LogP) is 4.95. The molecule has 0 bridgehead atoms. The monoisotopic (exact) mass is 313 g/mol. The molecule has 0 aliphatic carbocycles. The Balaban J connectivity index is 3.46. The molecule has 0 saturated carbocycles. The molecule has 1 unspecified atom stereocenters. The van der Waals surface area contributed by atoms with Crippen molar-refractivity contribution in [1.82, 2.24) is 4.72 Å². The van der Waals surface area contributed by atoms with Crippen LogP contribution in [0.15, 0.2) is 17.0 Å². The molecular formula is C16H27NOS2. The van der Waals surface area contributed by atoms with E-state index in [9.17, 15) is 4.21 Å². The van der Waals surface area contributed by atoms with Crippen LogP contribution in [0.2, 0.25) is 0 Å². The average Bonchev–Trinajstić information content (AvgIpc) is 2.37. The van der Waals surface area contributed by atoms with Crippen LogP contribution < -0.4 is 4.72 Å². The van der Waals surface area contributed by atoms with Crippen molar-refractivity contribution in [2.75, 3.05) is 7.05 Å². The first-order valence-electron chi connectivity index (χ1n) is 7.23. The minimum atomic E-state index is -1.08. The maximum Gasteiger partial charge on any atom is 0.158 e. The van der Waals surface area contributed by atoms with E-state index in [2.05, 4.69) is 58.4 Å². The Morgan fingerprint density at radius 3 is 1.70 bits per heavy atom. The lowest BCUT2D eigenvalue weighted by Crippen LogP contribution is -2.09. The van der Waals surface area contributed by atoms with E-state index < -0.39 is 10.0 Å². The van der Waals surface area contributed by atoms with Crippen molar-refractivity contribution in [2.45, 2.75) is 64.2 Å². The molecule has 0 fully saturated rings. The van der Waals surface area contributed by atoms with Crippen LogP contribution in [0.5, 0.6) is 0 Å². The van der Waals surface area contributed by atoms with Gasteiger partial charge in [0.25, 0.3) is 0 Å². The number of benzene rings is 1. The summed E-state index contributed by atoms with van der Waals surface area (Å²) in [5.74, 6) is 1.38. The van der Waals surface area contributed by atoms with Crippen LogP contribution in [-0.2, 0) is 10.0 Å². The molecular weight excluding hydrogens is 286 g/mol. The lowest BCUT2D eigenvalue weighted by Gasteiger charge is -2.21. The Kier molecular flexibility index (Phi) is 6.76. The van der Waals surface area contributed by atoms with E-state index in [0.717, 1.165) is 0 Å². The molecule has 1 aromatic rings. The summed E-state index contributed by atoms with van der Waals surface area (Å²) in [4.78, 5) is 1.19. The zero-order valence-corrected chi connectivity index (χ0v) is 15.2. The molecule has 0 aliphatic heterocycles. The Morgan fingerprint density at radius 2 is 1.40 bits per heavy atom. The third kappa shape index (κ3) is 4.34. The van der Waals surface area contributed by atoms with Crippen molar-refractivity contribution >= 4 is 20.8 Å². The summed E-state index contributed by atoms with van der Waals surface area (Å²) in [5.41, 5.74) is 4.00. The molecule has 4 heteroatoms. The summed E-state index contributed by atoms with van der Waals surface area (Å²) in [5, 5.41) is 0. The molecule has 0 aromatic heterocycles. The van der Waals surface area contributed by atoms with Crippen LogP contribution in [0, 0.1) is 0 Å². The quantitative estimate of drug-likeness (QED) is 0.753. The SMILES string of the molecule is CNS(=O)Sc1c(C(C)C)cc(C(C)C)cc1C(C)C. The Labute approximate surface area is 130 Å². The minimum Gasteiger partial charge on any atom is -0.232 e. The van der Waals surface area contributed by atoms with Gasteiger partial charge in [-0.2, -0.15) is 0 Å². The first-order chi connectivity index (χ1) is 9.27. The molecule has 0 spiro atoms. The topological polar surface area (TPSA) is 29.1 Å². The number of hydrogen-bond acceptors (Lipinski definition) is 2. The molecule has 0 saturated heterocycles. The van der Waals surface area contributed by atoms with Crippen molar-refractivity contribution in [3.63, 3.8) is 0 Å². The van der Waals surface area contributed by atoms with Gasteiger partial charge in [-0.15, -0.1) is 0 Å². The summed E-state index contributed by atoms with van der Waals surface area (Å²) in [6, 6.07) is 4.58. The van der Waals surface area contributed by atoms with E-state index in [4.69, 9.17) is 0 Å². The van der Waals surface area contributed by atoms with Gasteiger partial charge in [0.15, 0.2) is 10.0 Å². The predicted molar refractivity (Wildman–Crippen MR) is 91.8 cm³/mol. The van der Waals surface area contributed by atoms with E-state index in [1.165, 1.54) is 32.4 Å². The lowest BCUT2D eigenvalue weighted by atomic mass is 9.89. The summed E-state index contributed by atoms with van der Waals surface area (Å²) in [6.07, 6.45) is 0. The second kappa shape index (κ2) is 7.62. The third-order valence-electron chi connectivity index (χ3n) is 3.41. The molecule has 1 rings (SSSR count). The van der Waals surface area contributed by atoms with Gasteiger partial charge in [-0.05, 0) is 52.3 Å². The van der Waals surface area contributed by atoms with E-state index in [-0.39, 0.29) is 0 Å². The maximum atomic E-state index is 11.9. The lowest BCUT2D eigenvalue weighted by molar-refractivity contribution is 0.687.